The lowest BCUT2D eigenvalue weighted by Crippen LogP contribution is -2.39. The number of nitrogens with one attached hydrogen (secondary N) is 3. The molecular formula is C15H24N4O2S. The first kappa shape index (κ1) is 16.8. The fraction of sp³-hybridized carbons (Fsp3) is 0.533. The van der Waals surface area contributed by atoms with E-state index in [0.29, 0.717) is 18.5 Å². The van der Waals surface area contributed by atoms with Crippen molar-refractivity contribution in [2.75, 3.05) is 13.6 Å². The predicted octanol–water partition coefficient (Wildman–Crippen LogP) is 1.06. The summed E-state index contributed by atoms with van der Waals surface area (Å²) >= 11 is 0. The molecular weight excluding hydrogens is 300 g/mol. The molecule has 0 aromatic heterocycles. The van der Waals surface area contributed by atoms with Crippen molar-refractivity contribution in [3.8, 4) is 0 Å². The average Bonchev–Trinajstić information content (AvgIpc) is 3.20. The van der Waals surface area contributed by atoms with E-state index in [0.717, 1.165) is 18.1 Å². The van der Waals surface area contributed by atoms with Gasteiger partial charge in [-0.05, 0) is 44.0 Å². The molecule has 0 amide bonds. The average molecular weight is 324 g/mol. The minimum Gasteiger partial charge on any atom is -0.357 e. The third-order valence-corrected chi connectivity index (χ3v) is 5.13. The molecule has 0 aliphatic heterocycles. The van der Waals surface area contributed by atoms with Crippen LogP contribution in [0, 0.1) is 5.92 Å². The van der Waals surface area contributed by atoms with Crippen LogP contribution in [0.25, 0.3) is 0 Å². The van der Waals surface area contributed by atoms with E-state index < -0.39 is 10.0 Å². The smallest absolute Gasteiger partial charge is 0.240 e. The maximum absolute atomic E-state index is 11.7. The fourth-order valence-electron chi connectivity index (χ4n) is 2.08. The van der Waals surface area contributed by atoms with Crippen molar-refractivity contribution in [2.24, 2.45) is 10.9 Å². The molecule has 1 fully saturated rings. The molecule has 0 spiro atoms. The zero-order chi connectivity index (χ0) is 16.2. The largest absolute Gasteiger partial charge is 0.357 e. The molecule has 6 nitrogen and oxygen atoms in total. The zero-order valence-corrected chi connectivity index (χ0v) is 14.1. The number of guanidine groups is 1. The summed E-state index contributed by atoms with van der Waals surface area (Å²) in [6.07, 6.45) is 1.18. The molecule has 3 N–H and O–H groups in total. The van der Waals surface area contributed by atoms with Crippen LogP contribution in [0.2, 0.25) is 0 Å². The third-order valence-electron chi connectivity index (χ3n) is 3.70. The van der Waals surface area contributed by atoms with Gasteiger partial charge >= 0.3 is 0 Å². The van der Waals surface area contributed by atoms with Crippen molar-refractivity contribution >= 4 is 16.0 Å². The van der Waals surface area contributed by atoms with Crippen LogP contribution in [0.5, 0.6) is 0 Å². The number of nitrogens with zero attached hydrogens (tertiary/aromatic N) is 1. The highest BCUT2D eigenvalue weighted by atomic mass is 32.2. The molecule has 0 radical (unpaired) electrons. The van der Waals surface area contributed by atoms with E-state index in [1.165, 1.54) is 13.5 Å². The minimum atomic E-state index is -3.38. The van der Waals surface area contributed by atoms with Gasteiger partial charge < -0.3 is 10.6 Å². The Bertz CT molecular complexity index is 625. The molecule has 2 atom stereocenters. The Labute approximate surface area is 132 Å². The second-order valence-corrected chi connectivity index (χ2v) is 7.40. The third kappa shape index (κ3) is 4.45. The summed E-state index contributed by atoms with van der Waals surface area (Å²) in [7, 11) is -1.98. The van der Waals surface area contributed by atoms with Crippen molar-refractivity contribution in [1.82, 2.24) is 15.4 Å². The first-order chi connectivity index (χ1) is 10.5. The van der Waals surface area contributed by atoms with Gasteiger partial charge in [-0.15, -0.1) is 0 Å². The van der Waals surface area contributed by atoms with Gasteiger partial charge in [0.15, 0.2) is 5.96 Å². The number of sulfonamides is 1. The topological polar surface area (TPSA) is 82.6 Å². The molecule has 1 saturated carbocycles. The van der Waals surface area contributed by atoms with Gasteiger partial charge in [0.05, 0.1) is 11.4 Å². The van der Waals surface area contributed by atoms with E-state index in [1.54, 1.807) is 24.3 Å². The number of hydrogen-bond donors (Lipinski definition) is 3. The second-order valence-electron chi connectivity index (χ2n) is 5.51. The van der Waals surface area contributed by atoms with Crippen LogP contribution in [0.15, 0.2) is 34.2 Å². The van der Waals surface area contributed by atoms with Gasteiger partial charge in [0.25, 0.3) is 0 Å². The van der Waals surface area contributed by atoms with Gasteiger partial charge in [-0.1, -0.05) is 19.1 Å². The Morgan fingerprint density at radius 3 is 2.45 bits per heavy atom. The monoisotopic (exact) mass is 324 g/mol. The first-order valence-electron chi connectivity index (χ1n) is 7.53. The molecule has 2 unspecified atom stereocenters. The lowest BCUT2D eigenvalue weighted by atomic mass is 10.2. The number of rotatable bonds is 6. The molecule has 1 aliphatic rings. The minimum absolute atomic E-state index is 0.263. The Morgan fingerprint density at radius 1 is 1.32 bits per heavy atom. The van der Waals surface area contributed by atoms with E-state index >= 15 is 0 Å². The summed E-state index contributed by atoms with van der Waals surface area (Å²) < 4.78 is 25.6. The van der Waals surface area contributed by atoms with Crippen molar-refractivity contribution < 1.29 is 8.42 Å². The summed E-state index contributed by atoms with van der Waals surface area (Å²) in [5.41, 5.74) is 0.969. The molecule has 1 aromatic carbocycles. The van der Waals surface area contributed by atoms with Crippen LogP contribution in [-0.4, -0.2) is 34.0 Å². The van der Waals surface area contributed by atoms with E-state index in [9.17, 15) is 8.42 Å². The number of benzene rings is 1. The quantitative estimate of drug-likeness (QED) is 0.540. The molecule has 7 heteroatoms. The summed E-state index contributed by atoms with van der Waals surface area (Å²) in [5.74, 6) is 1.51. The molecule has 0 heterocycles. The lowest BCUT2D eigenvalue weighted by molar-refractivity contribution is 0.588. The Kier molecular flexibility index (Phi) is 5.42. The summed E-state index contributed by atoms with van der Waals surface area (Å²) in [6.45, 7) is 5.57. The van der Waals surface area contributed by atoms with Crippen LogP contribution in [0.1, 0.15) is 25.8 Å². The SMILES string of the molecule is CCNC(=NCc1ccc(S(=O)(=O)NC)cc1)NC1CC1C. The summed E-state index contributed by atoms with van der Waals surface area (Å²) in [6, 6.07) is 7.29. The molecule has 1 aliphatic carbocycles. The Hall–Kier alpha value is -1.60. The van der Waals surface area contributed by atoms with Gasteiger partial charge in [0, 0.05) is 12.6 Å². The van der Waals surface area contributed by atoms with Gasteiger partial charge in [0.1, 0.15) is 0 Å². The highest BCUT2D eigenvalue weighted by molar-refractivity contribution is 7.89. The van der Waals surface area contributed by atoms with Gasteiger partial charge in [-0.25, -0.2) is 18.1 Å². The molecule has 0 saturated heterocycles. The van der Waals surface area contributed by atoms with Crippen molar-refractivity contribution in [3.63, 3.8) is 0 Å². The zero-order valence-electron chi connectivity index (χ0n) is 13.3. The number of hydrogen-bond acceptors (Lipinski definition) is 3. The molecule has 122 valence electrons. The standard InChI is InChI=1S/C15H24N4O2S/c1-4-17-15(19-14-9-11(14)2)18-10-12-5-7-13(8-6-12)22(20,21)16-3/h5-8,11,14,16H,4,9-10H2,1-3H3,(H2,17,18,19). The molecule has 22 heavy (non-hydrogen) atoms. The van der Waals surface area contributed by atoms with E-state index in [4.69, 9.17) is 0 Å². The summed E-state index contributed by atoms with van der Waals surface area (Å²) in [4.78, 5) is 4.80. The van der Waals surface area contributed by atoms with Gasteiger partial charge in [0.2, 0.25) is 10.0 Å². The molecule has 1 aromatic rings. The number of aliphatic imine (C=N–C) groups is 1. The van der Waals surface area contributed by atoms with Gasteiger partial charge in [-0.3, -0.25) is 0 Å². The maximum Gasteiger partial charge on any atom is 0.240 e. The van der Waals surface area contributed by atoms with Gasteiger partial charge in [-0.2, -0.15) is 0 Å². The fourth-order valence-corrected chi connectivity index (χ4v) is 2.81. The van der Waals surface area contributed by atoms with Crippen molar-refractivity contribution in [2.45, 2.75) is 37.8 Å². The van der Waals surface area contributed by atoms with E-state index in [1.807, 2.05) is 6.92 Å². The second kappa shape index (κ2) is 7.11. The van der Waals surface area contributed by atoms with Crippen molar-refractivity contribution in [1.29, 1.82) is 0 Å². The molecule has 2 rings (SSSR count). The van der Waals surface area contributed by atoms with Crippen LogP contribution in [-0.2, 0) is 16.6 Å². The van der Waals surface area contributed by atoms with E-state index in [-0.39, 0.29) is 4.90 Å². The van der Waals surface area contributed by atoms with Crippen LogP contribution < -0.4 is 15.4 Å². The summed E-state index contributed by atoms with van der Waals surface area (Å²) in [5, 5.41) is 6.61. The van der Waals surface area contributed by atoms with Crippen LogP contribution in [0.3, 0.4) is 0 Å². The maximum atomic E-state index is 11.7. The predicted molar refractivity (Wildman–Crippen MR) is 88.2 cm³/mol. The van der Waals surface area contributed by atoms with Crippen LogP contribution >= 0.6 is 0 Å². The Balaban J connectivity index is 2.00. The normalized spacial score (nSPS) is 21.5. The molecule has 0 bridgehead atoms. The highest BCUT2D eigenvalue weighted by Crippen LogP contribution is 2.28. The van der Waals surface area contributed by atoms with Crippen molar-refractivity contribution in [3.05, 3.63) is 29.8 Å². The van der Waals surface area contributed by atoms with E-state index in [2.05, 4.69) is 27.3 Å². The Morgan fingerprint density at radius 2 is 1.95 bits per heavy atom. The first-order valence-corrected chi connectivity index (χ1v) is 9.02. The van der Waals surface area contributed by atoms with Crippen LogP contribution in [0.4, 0.5) is 0 Å². The highest BCUT2D eigenvalue weighted by Gasteiger charge is 2.33. The lowest BCUT2D eigenvalue weighted by Gasteiger charge is -2.10.